The zero-order valence-corrected chi connectivity index (χ0v) is 23.6. The van der Waals surface area contributed by atoms with Crippen molar-refractivity contribution in [2.24, 2.45) is 5.73 Å². The van der Waals surface area contributed by atoms with Crippen molar-refractivity contribution in [2.75, 3.05) is 20.3 Å². The monoisotopic (exact) mass is 589 g/mol. The van der Waals surface area contributed by atoms with Crippen molar-refractivity contribution >= 4 is 35.0 Å². The van der Waals surface area contributed by atoms with Gasteiger partial charge in [-0.1, -0.05) is 23.2 Å². The van der Waals surface area contributed by atoms with Gasteiger partial charge in [-0.25, -0.2) is 4.68 Å². The molecule has 0 unspecified atom stereocenters. The fourth-order valence-electron chi connectivity index (χ4n) is 6.19. The summed E-state index contributed by atoms with van der Waals surface area (Å²) in [6, 6.07) is 11.0. The van der Waals surface area contributed by atoms with Crippen molar-refractivity contribution in [3.8, 4) is 33.8 Å². The lowest BCUT2D eigenvalue weighted by Gasteiger charge is -2.27. The summed E-state index contributed by atoms with van der Waals surface area (Å²) < 4.78 is 13.3. The first kappa shape index (κ1) is 26.0. The molecule has 2 saturated heterocycles. The molecule has 2 fully saturated rings. The number of morpholine rings is 1. The van der Waals surface area contributed by atoms with Gasteiger partial charge in [0.1, 0.15) is 5.75 Å². The first-order valence-electron chi connectivity index (χ1n) is 13.3. The number of methoxy groups -OCH3 is 1. The molecule has 2 aromatic carbocycles. The zero-order chi connectivity index (χ0) is 28.4. The van der Waals surface area contributed by atoms with E-state index in [0.29, 0.717) is 64.3 Å². The summed E-state index contributed by atoms with van der Waals surface area (Å²) in [5, 5.41) is 5.83. The predicted molar refractivity (Wildman–Crippen MR) is 154 cm³/mol. The van der Waals surface area contributed by atoms with Crippen LogP contribution in [0.3, 0.4) is 0 Å². The van der Waals surface area contributed by atoms with Crippen LogP contribution in [0.2, 0.25) is 10.0 Å². The van der Waals surface area contributed by atoms with Crippen LogP contribution >= 0.6 is 23.2 Å². The number of aromatic nitrogens is 3. The fraction of sp³-hybridized carbons (Fsp3) is 0.267. The van der Waals surface area contributed by atoms with Gasteiger partial charge in [-0.15, -0.1) is 0 Å². The second-order valence-corrected chi connectivity index (χ2v) is 11.4. The second-order valence-electron chi connectivity index (χ2n) is 10.6. The molecule has 4 heterocycles. The number of carbonyl (C=O) groups is 2. The van der Waals surface area contributed by atoms with Crippen LogP contribution in [0.4, 0.5) is 0 Å². The van der Waals surface area contributed by atoms with Gasteiger partial charge in [0.15, 0.2) is 5.69 Å². The summed E-state index contributed by atoms with van der Waals surface area (Å²) in [5.41, 5.74) is 11.9. The summed E-state index contributed by atoms with van der Waals surface area (Å²) in [6.45, 7) is 1.11. The van der Waals surface area contributed by atoms with E-state index in [-0.39, 0.29) is 18.1 Å². The largest absolute Gasteiger partial charge is 0.496 e. The van der Waals surface area contributed by atoms with Crippen LogP contribution in [-0.2, 0) is 17.6 Å². The number of halogens is 2. The smallest absolute Gasteiger partial charge is 0.275 e. The highest BCUT2D eigenvalue weighted by Gasteiger charge is 2.43. The molecular formula is C30H25Cl2N5O4. The summed E-state index contributed by atoms with van der Waals surface area (Å²) in [7, 11) is 1.60. The molecule has 2 aliphatic heterocycles. The number of carbonyl (C=O) groups excluding carboxylic acids is 2. The van der Waals surface area contributed by atoms with Crippen LogP contribution in [0.25, 0.3) is 28.1 Å². The van der Waals surface area contributed by atoms with Crippen molar-refractivity contribution < 1.29 is 19.1 Å². The van der Waals surface area contributed by atoms with E-state index in [1.807, 2.05) is 17.0 Å². The van der Waals surface area contributed by atoms with E-state index in [2.05, 4.69) is 4.98 Å². The maximum absolute atomic E-state index is 14.0. The minimum absolute atomic E-state index is 0.0608. The zero-order valence-electron chi connectivity index (χ0n) is 22.1. The van der Waals surface area contributed by atoms with Crippen LogP contribution in [-0.4, -0.2) is 63.9 Å². The van der Waals surface area contributed by atoms with Crippen LogP contribution < -0.4 is 10.5 Å². The van der Waals surface area contributed by atoms with Gasteiger partial charge in [-0.3, -0.25) is 14.6 Å². The Balaban J connectivity index is 1.44. The highest BCUT2D eigenvalue weighted by Crippen LogP contribution is 2.44. The number of ether oxygens (including phenoxy) is 2. The molecular weight excluding hydrogens is 565 g/mol. The third-order valence-electron chi connectivity index (χ3n) is 8.10. The maximum atomic E-state index is 14.0. The van der Waals surface area contributed by atoms with Crippen molar-refractivity contribution in [3.05, 3.63) is 81.2 Å². The Hall–Kier alpha value is -3.92. The number of primary amides is 1. The van der Waals surface area contributed by atoms with Crippen molar-refractivity contribution in [1.82, 2.24) is 19.7 Å². The van der Waals surface area contributed by atoms with Gasteiger partial charge in [0.2, 0.25) is 5.91 Å². The summed E-state index contributed by atoms with van der Waals surface area (Å²) in [6.07, 6.45) is 5.33. The SMILES string of the molecule is COc1cc2c(cc1-c1cncc(C(N)=O)c1)-c1c(c(C(=O)N3C[C@@H]4C[C@H]3CO4)nn1-c1cc(Cl)cc(Cl)c1)CC2. The molecule has 208 valence electrons. The number of benzene rings is 2. The first-order valence-corrected chi connectivity index (χ1v) is 14.0. The molecule has 7 rings (SSSR count). The normalized spacial score (nSPS) is 18.8. The van der Waals surface area contributed by atoms with Crippen molar-refractivity contribution in [1.29, 1.82) is 0 Å². The van der Waals surface area contributed by atoms with Crippen molar-refractivity contribution in [2.45, 2.75) is 31.4 Å². The molecule has 2 amide bonds. The van der Waals surface area contributed by atoms with E-state index in [1.165, 1.54) is 6.20 Å². The topological polar surface area (TPSA) is 113 Å². The number of nitrogens with two attached hydrogens (primary N) is 1. The Morgan fingerprint density at radius 2 is 1.85 bits per heavy atom. The number of hydrogen-bond acceptors (Lipinski definition) is 6. The lowest BCUT2D eigenvalue weighted by molar-refractivity contribution is 0.0254. The summed E-state index contributed by atoms with van der Waals surface area (Å²) in [5.74, 6) is -0.0324. The first-order chi connectivity index (χ1) is 19.8. The number of rotatable bonds is 5. The molecule has 2 bridgehead atoms. The molecule has 3 aliphatic rings. The van der Waals surface area contributed by atoms with Crippen LogP contribution in [0.5, 0.6) is 5.75 Å². The molecule has 0 radical (unpaired) electrons. The average molecular weight is 590 g/mol. The van der Waals surface area contributed by atoms with Gasteiger partial charge in [0.05, 0.1) is 42.8 Å². The number of nitrogens with zero attached hydrogens (tertiary/aromatic N) is 4. The number of aryl methyl sites for hydroxylation is 1. The van der Waals surface area contributed by atoms with E-state index < -0.39 is 5.91 Å². The van der Waals surface area contributed by atoms with E-state index in [9.17, 15) is 9.59 Å². The fourth-order valence-corrected chi connectivity index (χ4v) is 6.71. The standard InChI is InChI=1S/C30H25Cl2N5O4/c1-40-26-5-15-2-3-23-27(30(39)36-13-22-9-21(36)14-41-22)35-37(20-7-18(31)6-19(32)8-20)28(23)25(15)10-24(26)16-4-17(29(33)38)12-34-11-16/h4-8,10-12,21-22H,2-3,9,13-14H2,1H3,(H2,33,38)/t21-,22-/m0/s1. The highest BCUT2D eigenvalue weighted by molar-refractivity contribution is 6.34. The van der Waals surface area contributed by atoms with Crippen LogP contribution in [0.1, 0.15) is 38.4 Å². The lowest BCUT2D eigenvalue weighted by Crippen LogP contribution is -2.42. The number of amides is 2. The molecule has 9 nitrogen and oxygen atoms in total. The van der Waals surface area contributed by atoms with E-state index >= 15 is 0 Å². The molecule has 0 saturated carbocycles. The van der Waals surface area contributed by atoms with Crippen LogP contribution in [0, 0.1) is 0 Å². The minimum Gasteiger partial charge on any atom is -0.496 e. The highest BCUT2D eigenvalue weighted by atomic mass is 35.5. The average Bonchev–Trinajstić information content (AvgIpc) is 3.70. The van der Waals surface area contributed by atoms with Gasteiger partial charge in [0, 0.05) is 51.2 Å². The third kappa shape index (κ3) is 4.36. The maximum Gasteiger partial charge on any atom is 0.275 e. The Morgan fingerprint density at radius 1 is 1.05 bits per heavy atom. The van der Waals surface area contributed by atoms with Crippen LogP contribution in [0.15, 0.2) is 48.8 Å². The predicted octanol–water partition coefficient (Wildman–Crippen LogP) is 4.73. The second kappa shape index (κ2) is 9.87. The molecule has 2 atom stereocenters. The minimum atomic E-state index is -0.571. The Morgan fingerprint density at radius 3 is 2.54 bits per heavy atom. The Labute approximate surface area is 245 Å². The molecule has 4 aromatic rings. The summed E-state index contributed by atoms with van der Waals surface area (Å²) in [4.78, 5) is 32.0. The van der Waals surface area contributed by atoms with E-state index in [0.717, 1.165) is 34.4 Å². The Kier molecular flexibility index (Phi) is 6.26. The number of pyridine rings is 1. The molecule has 2 aromatic heterocycles. The third-order valence-corrected chi connectivity index (χ3v) is 8.53. The molecule has 1 aliphatic carbocycles. The molecule has 0 spiro atoms. The lowest BCUT2D eigenvalue weighted by atomic mass is 9.86. The van der Waals surface area contributed by atoms with Gasteiger partial charge in [-0.2, -0.15) is 5.10 Å². The molecule has 41 heavy (non-hydrogen) atoms. The quantitative estimate of drug-likeness (QED) is 0.360. The molecule has 2 N–H and O–H groups in total. The van der Waals surface area contributed by atoms with E-state index in [1.54, 1.807) is 42.3 Å². The number of likely N-dealkylation sites (tertiary alicyclic amines) is 1. The van der Waals surface area contributed by atoms with Gasteiger partial charge in [0.25, 0.3) is 5.91 Å². The summed E-state index contributed by atoms with van der Waals surface area (Å²) >= 11 is 12.8. The molecule has 11 heteroatoms. The van der Waals surface area contributed by atoms with Gasteiger partial charge in [-0.05, 0) is 61.2 Å². The van der Waals surface area contributed by atoms with Gasteiger partial charge >= 0.3 is 0 Å². The van der Waals surface area contributed by atoms with E-state index in [4.69, 9.17) is 43.5 Å². The number of hydrogen-bond donors (Lipinski definition) is 1. The Bertz CT molecular complexity index is 1730. The number of fused-ring (bicyclic) bond motifs is 5. The van der Waals surface area contributed by atoms with Gasteiger partial charge < -0.3 is 20.1 Å². The van der Waals surface area contributed by atoms with Crippen molar-refractivity contribution in [3.63, 3.8) is 0 Å².